The minimum atomic E-state index is -0.909. The first-order valence-electron chi connectivity index (χ1n) is 5.95. The SMILES string of the molecule is CCC(C(=O)O)=C(C)Nc1ccc(OC)c(OC)c1. The highest BCUT2D eigenvalue weighted by molar-refractivity contribution is 5.88. The second kappa shape index (κ2) is 6.68. The molecule has 5 heteroatoms. The van der Waals surface area contributed by atoms with E-state index in [4.69, 9.17) is 14.6 Å². The molecule has 0 heterocycles. The van der Waals surface area contributed by atoms with Gasteiger partial charge < -0.3 is 19.9 Å². The first-order chi connectivity index (χ1) is 9.03. The normalized spacial score (nSPS) is 11.6. The van der Waals surface area contributed by atoms with Crippen molar-refractivity contribution in [1.82, 2.24) is 0 Å². The molecule has 1 aromatic rings. The van der Waals surface area contributed by atoms with Crippen molar-refractivity contribution in [3.05, 3.63) is 29.5 Å². The Morgan fingerprint density at radius 2 is 1.89 bits per heavy atom. The van der Waals surface area contributed by atoms with Gasteiger partial charge in [-0.25, -0.2) is 4.79 Å². The van der Waals surface area contributed by atoms with Crippen LogP contribution in [-0.2, 0) is 4.79 Å². The van der Waals surface area contributed by atoms with E-state index in [-0.39, 0.29) is 0 Å². The molecule has 0 amide bonds. The molecule has 0 saturated carbocycles. The number of nitrogens with one attached hydrogen (secondary N) is 1. The third-order valence-corrected chi connectivity index (χ3v) is 2.78. The molecule has 2 N–H and O–H groups in total. The molecule has 0 aliphatic heterocycles. The van der Waals surface area contributed by atoms with E-state index in [9.17, 15) is 4.79 Å². The lowest BCUT2D eigenvalue weighted by Gasteiger charge is -2.13. The number of methoxy groups -OCH3 is 2. The van der Waals surface area contributed by atoms with E-state index in [0.29, 0.717) is 29.2 Å². The van der Waals surface area contributed by atoms with Crippen LogP contribution in [0.3, 0.4) is 0 Å². The molecule has 0 aromatic heterocycles. The Morgan fingerprint density at radius 1 is 1.26 bits per heavy atom. The molecule has 0 unspecified atom stereocenters. The van der Waals surface area contributed by atoms with Gasteiger partial charge in [-0.1, -0.05) is 6.92 Å². The van der Waals surface area contributed by atoms with E-state index in [0.717, 1.165) is 5.69 Å². The van der Waals surface area contributed by atoms with Crippen molar-refractivity contribution in [3.63, 3.8) is 0 Å². The molecule has 0 radical (unpaired) electrons. The lowest BCUT2D eigenvalue weighted by Crippen LogP contribution is -2.08. The Bertz CT molecular complexity index is 494. The zero-order valence-electron chi connectivity index (χ0n) is 11.6. The summed E-state index contributed by atoms with van der Waals surface area (Å²) >= 11 is 0. The van der Waals surface area contributed by atoms with Crippen molar-refractivity contribution >= 4 is 11.7 Å². The van der Waals surface area contributed by atoms with Crippen molar-refractivity contribution in [2.45, 2.75) is 20.3 Å². The summed E-state index contributed by atoms with van der Waals surface area (Å²) in [5.41, 5.74) is 1.72. The van der Waals surface area contributed by atoms with E-state index in [1.165, 1.54) is 0 Å². The van der Waals surface area contributed by atoms with E-state index in [1.54, 1.807) is 39.3 Å². The zero-order valence-corrected chi connectivity index (χ0v) is 11.6. The highest BCUT2D eigenvalue weighted by atomic mass is 16.5. The standard InChI is InChI=1S/C14H19NO4/c1-5-11(14(16)17)9(2)15-10-6-7-12(18-3)13(8-10)19-4/h6-8,15H,5H2,1-4H3,(H,16,17). The maximum Gasteiger partial charge on any atom is 0.333 e. The van der Waals surface area contributed by atoms with Crippen LogP contribution in [0.15, 0.2) is 29.5 Å². The molecule has 0 aliphatic carbocycles. The summed E-state index contributed by atoms with van der Waals surface area (Å²) in [4.78, 5) is 11.0. The minimum Gasteiger partial charge on any atom is -0.493 e. The fourth-order valence-corrected chi connectivity index (χ4v) is 1.78. The molecular weight excluding hydrogens is 246 g/mol. The molecule has 1 rings (SSSR count). The maximum atomic E-state index is 11.0. The number of aliphatic carboxylic acids is 1. The summed E-state index contributed by atoms with van der Waals surface area (Å²) < 4.78 is 10.3. The van der Waals surface area contributed by atoms with Crippen LogP contribution in [0.25, 0.3) is 0 Å². The van der Waals surface area contributed by atoms with Crippen molar-refractivity contribution < 1.29 is 19.4 Å². The molecule has 0 aliphatic rings. The quantitative estimate of drug-likeness (QED) is 0.774. The summed E-state index contributed by atoms with van der Waals surface area (Å²) in [6, 6.07) is 5.33. The number of ether oxygens (including phenoxy) is 2. The number of allylic oxidation sites excluding steroid dienone is 1. The van der Waals surface area contributed by atoms with Crippen molar-refractivity contribution in [3.8, 4) is 11.5 Å². The van der Waals surface area contributed by atoms with Crippen LogP contribution in [-0.4, -0.2) is 25.3 Å². The van der Waals surface area contributed by atoms with Gasteiger partial charge in [-0.15, -0.1) is 0 Å². The highest BCUT2D eigenvalue weighted by Crippen LogP contribution is 2.30. The monoisotopic (exact) mass is 265 g/mol. The van der Waals surface area contributed by atoms with Crippen molar-refractivity contribution in [1.29, 1.82) is 0 Å². The number of benzene rings is 1. The van der Waals surface area contributed by atoms with Crippen molar-refractivity contribution in [2.75, 3.05) is 19.5 Å². The van der Waals surface area contributed by atoms with Crippen LogP contribution in [0.4, 0.5) is 5.69 Å². The predicted molar refractivity (Wildman–Crippen MR) is 73.8 cm³/mol. The molecule has 19 heavy (non-hydrogen) atoms. The molecule has 5 nitrogen and oxygen atoms in total. The predicted octanol–water partition coefficient (Wildman–Crippen LogP) is 2.88. The Balaban J connectivity index is 3.03. The third kappa shape index (κ3) is 3.64. The van der Waals surface area contributed by atoms with Gasteiger partial charge in [0.2, 0.25) is 0 Å². The Morgan fingerprint density at radius 3 is 2.37 bits per heavy atom. The first-order valence-corrected chi connectivity index (χ1v) is 5.95. The summed E-state index contributed by atoms with van der Waals surface area (Å²) in [6.07, 6.45) is 0.460. The van der Waals surface area contributed by atoms with Gasteiger partial charge in [0.15, 0.2) is 11.5 Å². The molecule has 0 bridgehead atoms. The summed E-state index contributed by atoms with van der Waals surface area (Å²) in [6.45, 7) is 3.55. The van der Waals surface area contributed by atoms with Crippen LogP contribution in [0.2, 0.25) is 0 Å². The second-order valence-corrected chi connectivity index (χ2v) is 3.96. The van der Waals surface area contributed by atoms with Gasteiger partial charge in [-0.05, 0) is 25.5 Å². The summed E-state index contributed by atoms with van der Waals surface area (Å²) in [5.74, 6) is 0.310. The molecule has 0 atom stereocenters. The Hall–Kier alpha value is -2.17. The summed E-state index contributed by atoms with van der Waals surface area (Å²) in [5, 5.41) is 12.1. The van der Waals surface area contributed by atoms with Crippen LogP contribution < -0.4 is 14.8 Å². The number of hydrogen-bond donors (Lipinski definition) is 2. The molecule has 0 spiro atoms. The van der Waals surface area contributed by atoms with E-state index in [1.807, 2.05) is 6.92 Å². The number of carboxylic acids is 1. The number of hydrogen-bond acceptors (Lipinski definition) is 4. The lowest BCUT2D eigenvalue weighted by molar-refractivity contribution is -0.132. The molecule has 0 fully saturated rings. The van der Waals surface area contributed by atoms with Crippen LogP contribution in [0.5, 0.6) is 11.5 Å². The van der Waals surface area contributed by atoms with Crippen LogP contribution in [0.1, 0.15) is 20.3 Å². The number of carbonyl (C=O) groups is 1. The van der Waals surface area contributed by atoms with Crippen molar-refractivity contribution in [2.24, 2.45) is 0 Å². The average molecular weight is 265 g/mol. The fourth-order valence-electron chi connectivity index (χ4n) is 1.78. The number of rotatable bonds is 6. The Kier molecular flexibility index (Phi) is 5.23. The molecule has 0 saturated heterocycles. The second-order valence-electron chi connectivity index (χ2n) is 3.96. The largest absolute Gasteiger partial charge is 0.493 e. The smallest absolute Gasteiger partial charge is 0.333 e. The highest BCUT2D eigenvalue weighted by Gasteiger charge is 2.10. The topological polar surface area (TPSA) is 67.8 Å². The third-order valence-electron chi connectivity index (χ3n) is 2.78. The number of anilines is 1. The minimum absolute atomic E-state index is 0.356. The van der Waals surface area contributed by atoms with Gasteiger partial charge >= 0.3 is 5.97 Å². The van der Waals surface area contributed by atoms with Crippen LogP contribution in [0, 0.1) is 0 Å². The maximum absolute atomic E-state index is 11.0. The van der Waals surface area contributed by atoms with E-state index >= 15 is 0 Å². The van der Waals surface area contributed by atoms with Gasteiger partial charge in [-0.3, -0.25) is 0 Å². The zero-order chi connectivity index (χ0) is 14.4. The van der Waals surface area contributed by atoms with E-state index in [2.05, 4.69) is 5.32 Å². The van der Waals surface area contributed by atoms with Gasteiger partial charge in [0.1, 0.15) is 0 Å². The van der Waals surface area contributed by atoms with E-state index < -0.39 is 5.97 Å². The molecule has 104 valence electrons. The van der Waals surface area contributed by atoms with Gasteiger partial charge in [0.05, 0.1) is 19.8 Å². The average Bonchev–Trinajstić information content (AvgIpc) is 2.38. The molecule has 1 aromatic carbocycles. The van der Waals surface area contributed by atoms with Gasteiger partial charge in [-0.2, -0.15) is 0 Å². The fraction of sp³-hybridized carbons (Fsp3) is 0.357. The molecular formula is C14H19NO4. The van der Waals surface area contributed by atoms with Crippen LogP contribution >= 0.6 is 0 Å². The summed E-state index contributed by atoms with van der Waals surface area (Å²) in [7, 11) is 3.12. The number of carboxylic acid groups (broad SMARTS) is 1. The van der Waals surface area contributed by atoms with Gasteiger partial charge in [0.25, 0.3) is 0 Å². The first kappa shape index (κ1) is 14.9. The lowest BCUT2D eigenvalue weighted by atomic mass is 10.1. The van der Waals surface area contributed by atoms with Gasteiger partial charge in [0, 0.05) is 17.5 Å². The Labute approximate surface area is 112 Å².